The molecular formula is C13H17F2N3O2. The Morgan fingerprint density at radius 1 is 1.35 bits per heavy atom. The van der Waals surface area contributed by atoms with Gasteiger partial charge in [-0.25, -0.2) is 18.7 Å². The third-order valence-electron chi connectivity index (χ3n) is 3.99. The smallest absolute Gasteiger partial charge is 0.273 e. The van der Waals surface area contributed by atoms with E-state index in [0.29, 0.717) is 37.6 Å². The minimum atomic E-state index is -2.70. The van der Waals surface area contributed by atoms with Gasteiger partial charge in [-0.15, -0.1) is 0 Å². The number of rotatable bonds is 2. The fourth-order valence-corrected chi connectivity index (χ4v) is 2.89. The molecule has 0 atom stereocenters. The van der Waals surface area contributed by atoms with Gasteiger partial charge in [-0.3, -0.25) is 0 Å². The van der Waals surface area contributed by atoms with Crippen molar-refractivity contribution in [2.45, 2.75) is 37.4 Å². The minimum absolute atomic E-state index is 0.136. The van der Waals surface area contributed by atoms with Crippen molar-refractivity contribution >= 4 is 5.95 Å². The number of hydrogen-bond donors (Lipinski definition) is 1. The lowest BCUT2D eigenvalue weighted by atomic mass is 9.88. The van der Waals surface area contributed by atoms with Crippen LogP contribution in [0.2, 0.25) is 0 Å². The summed E-state index contributed by atoms with van der Waals surface area (Å²) in [6, 6.07) is 1.65. The lowest BCUT2D eigenvalue weighted by Crippen LogP contribution is -2.45. The second-order valence-corrected chi connectivity index (χ2v) is 5.50. The van der Waals surface area contributed by atoms with Crippen LogP contribution in [-0.4, -0.2) is 46.3 Å². The number of alkyl halides is 2. The zero-order valence-corrected chi connectivity index (χ0v) is 11.1. The summed E-state index contributed by atoms with van der Waals surface area (Å²) in [6.07, 6.45) is 2.51. The number of piperidine rings is 1. The molecule has 5 nitrogen and oxygen atoms in total. The molecule has 2 saturated heterocycles. The summed E-state index contributed by atoms with van der Waals surface area (Å²) in [5.74, 6) is -2.16. The van der Waals surface area contributed by atoms with Gasteiger partial charge in [-0.2, -0.15) is 0 Å². The molecule has 0 aromatic carbocycles. The first-order valence-electron chi connectivity index (χ1n) is 6.72. The van der Waals surface area contributed by atoms with Gasteiger partial charge >= 0.3 is 0 Å². The van der Waals surface area contributed by atoms with E-state index in [-0.39, 0.29) is 13.0 Å². The Bertz CT molecular complexity index is 490. The molecule has 0 bridgehead atoms. The minimum Gasteiger partial charge on any atom is -0.390 e. The molecule has 2 fully saturated rings. The van der Waals surface area contributed by atoms with Gasteiger partial charge in [0.05, 0.1) is 17.9 Å². The third kappa shape index (κ3) is 2.60. The first-order chi connectivity index (χ1) is 9.52. The van der Waals surface area contributed by atoms with Gasteiger partial charge in [-0.1, -0.05) is 0 Å². The van der Waals surface area contributed by atoms with Crippen LogP contribution in [0.1, 0.15) is 25.0 Å². The van der Waals surface area contributed by atoms with Gasteiger partial charge in [0.2, 0.25) is 5.95 Å². The van der Waals surface area contributed by atoms with E-state index in [4.69, 9.17) is 9.84 Å². The Morgan fingerprint density at radius 3 is 2.70 bits per heavy atom. The summed E-state index contributed by atoms with van der Waals surface area (Å²) in [4.78, 5) is 10.4. The van der Waals surface area contributed by atoms with E-state index < -0.39 is 18.1 Å². The molecule has 110 valence electrons. The van der Waals surface area contributed by atoms with Crippen molar-refractivity contribution in [2.75, 3.05) is 24.6 Å². The molecular weight excluding hydrogens is 268 g/mol. The number of aromatic nitrogens is 2. The summed E-state index contributed by atoms with van der Waals surface area (Å²) < 4.78 is 32.0. The van der Waals surface area contributed by atoms with Crippen LogP contribution in [-0.2, 0) is 11.3 Å². The highest BCUT2D eigenvalue weighted by atomic mass is 19.3. The predicted octanol–water partition coefficient (Wildman–Crippen LogP) is 1.36. The number of aliphatic hydroxyl groups is 1. The van der Waals surface area contributed by atoms with E-state index >= 15 is 0 Å². The SMILES string of the molecule is OCc1ccnc(N2CCC3(CC2)CC(F)(F)CO3)n1. The van der Waals surface area contributed by atoms with E-state index in [1.165, 1.54) is 0 Å². The summed E-state index contributed by atoms with van der Waals surface area (Å²) in [5.41, 5.74) is -0.131. The largest absolute Gasteiger partial charge is 0.390 e. The first-order valence-corrected chi connectivity index (χ1v) is 6.72. The van der Waals surface area contributed by atoms with Crippen LogP contribution in [0.25, 0.3) is 0 Å². The maximum absolute atomic E-state index is 13.3. The number of nitrogens with zero attached hydrogens (tertiary/aromatic N) is 3. The van der Waals surface area contributed by atoms with Gasteiger partial charge in [0, 0.05) is 25.7 Å². The fourth-order valence-electron chi connectivity index (χ4n) is 2.89. The molecule has 20 heavy (non-hydrogen) atoms. The fraction of sp³-hybridized carbons (Fsp3) is 0.692. The Balaban J connectivity index is 1.66. The normalized spacial score (nSPS) is 24.2. The van der Waals surface area contributed by atoms with E-state index in [0.717, 1.165) is 0 Å². The van der Waals surface area contributed by atoms with Crippen LogP contribution < -0.4 is 4.90 Å². The van der Waals surface area contributed by atoms with Crippen LogP contribution in [0.5, 0.6) is 0 Å². The number of halogens is 2. The van der Waals surface area contributed by atoms with E-state index in [2.05, 4.69) is 9.97 Å². The van der Waals surface area contributed by atoms with E-state index in [1.807, 2.05) is 4.90 Å². The number of aliphatic hydroxyl groups excluding tert-OH is 1. The summed E-state index contributed by atoms with van der Waals surface area (Å²) >= 11 is 0. The highest BCUT2D eigenvalue weighted by molar-refractivity contribution is 5.31. The van der Waals surface area contributed by atoms with Crippen molar-refractivity contribution in [3.63, 3.8) is 0 Å². The lowest BCUT2D eigenvalue weighted by molar-refractivity contribution is -0.0321. The zero-order chi connectivity index (χ0) is 14.2. The molecule has 1 N–H and O–H groups in total. The standard InChI is InChI=1S/C13H17F2N3O2/c14-13(15)8-12(20-9-13)2-5-18(6-3-12)11-16-4-1-10(7-19)17-11/h1,4,19H,2-3,5-9H2. The van der Waals surface area contributed by atoms with E-state index in [1.54, 1.807) is 12.3 Å². The van der Waals surface area contributed by atoms with Gasteiger partial charge in [0.1, 0.15) is 6.61 Å². The molecule has 2 aliphatic rings. The average molecular weight is 285 g/mol. The summed E-state index contributed by atoms with van der Waals surface area (Å²) in [5, 5.41) is 9.07. The van der Waals surface area contributed by atoms with Crippen LogP contribution in [0.4, 0.5) is 14.7 Å². The highest BCUT2D eigenvalue weighted by Gasteiger charge is 2.51. The van der Waals surface area contributed by atoms with Crippen molar-refractivity contribution in [3.8, 4) is 0 Å². The molecule has 0 amide bonds. The number of hydrogen-bond acceptors (Lipinski definition) is 5. The second kappa shape index (κ2) is 4.89. The van der Waals surface area contributed by atoms with E-state index in [9.17, 15) is 8.78 Å². The zero-order valence-electron chi connectivity index (χ0n) is 11.1. The lowest BCUT2D eigenvalue weighted by Gasteiger charge is -2.38. The Labute approximate surface area is 115 Å². The molecule has 3 heterocycles. The van der Waals surface area contributed by atoms with Crippen molar-refractivity contribution in [2.24, 2.45) is 0 Å². The molecule has 1 aromatic heterocycles. The number of ether oxygens (including phenoxy) is 1. The Kier molecular flexibility index (Phi) is 3.33. The van der Waals surface area contributed by atoms with Crippen molar-refractivity contribution in [1.82, 2.24) is 9.97 Å². The van der Waals surface area contributed by atoms with Crippen molar-refractivity contribution in [3.05, 3.63) is 18.0 Å². The molecule has 0 saturated carbocycles. The quantitative estimate of drug-likeness (QED) is 0.889. The third-order valence-corrected chi connectivity index (χ3v) is 3.99. The highest BCUT2D eigenvalue weighted by Crippen LogP contribution is 2.43. The van der Waals surface area contributed by atoms with Gasteiger partial charge < -0.3 is 14.7 Å². The molecule has 0 radical (unpaired) electrons. The van der Waals surface area contributed by atoms with Crippen LogP contribution in [0.3, 0.4) is 0 Å². The molecule has 3 rings (SSSR count). The molecule has 2 aliphatic heterocycles. The monoisotopic (exact) mass is 285 g/mol. The molecule has 7 heteroatoms. The van der Waals surface area contributed by atoms with Gasteiger partial charge in [0.15, 0.2) is 0 Å². The topological polar surface area (TPSA) is 58.5 Å². The predicted molar refractivity (Wildman–Crippen MR) is 67.6 cm³/mol. The van der Waals surface area contributed by atoms with Crippen molar-refractivity contribution < 1.29 is 18.6 Å². The first kappa shape index (κ1) is 13.6. The average Bonchev–Trinajstić information content (AvgIpc) is 2.75. The van der Waals surface area contributed by atoms with Gasteiger partial charge in [-0.05, 0) is 18.9 Å². The summed E-state index contributed by atoms with van der Waals surface area (Å²) in [7, 11) is 0. The molecule has 0 aliphatic carbocycles. The van der Waals surface area contributed by atoms with Gasteiger partial charge in [0.25, 0.3) is 5.92 Å². The van der Waals surface area contributed by atoms with Crippen LogP contribution in [0, 0.1) is 0 Å². The molecule has 1 spiro atoms. The molecule has 0 unspecified atom stereocenters. The van der Waals surface area contributed by atoms with Crippen molar-refractivity contribution in [1.29, 1.82) is 0 Å². The number of anilines is 1. The second-order valence-electron chi connectivity index (χ2n) is 5.50. The molecule has 1 aromatic rings. The summed E-state index contributed by atoms with van der Waals surface area (Å²) in [6.45, 7) is 0.571. The van der Waals surface area contributed by atoms with Crippen LogP contribution in [0.15, 0.2) is 12.3 Å². The Morgan fingerprint density at radius 2 is 2.10 bits per heavy atom. The van der Waals surface area contributed by atoms with Crippen LogP contribution >= 0.6 is 0 Å². The maximum atomic E-state index is 13.3. The maximum Gasteiger partial charge on any atom is 0.273 e. The Hall–Kier alpha value is -1.34.